The first-order chi connectivity index (χ1) is 7.18. The van der Waals surface area contributed by atoms with Crippen LogP contribution in [0.2, 0.25) is 0 Å². The van der Waals surface area contributed by atoms with Crippen molar-refractivity contribution in [3.05, 3.63) is 35.8 Å². The number of hydrogen-bond acceptors (Lipinski definition) is 1. The number of halogens is 1. The Morgan fingerprint density at radius 1 is 1.47 bits per heavy atom. The summed E-state index contributed by atoms with van der Waals surface area (Å²) in [7, 11) is 0. The summed E-state index contributed by atoms with van der Waals surface area (Å²) in [6.45, 7) is 1.56. The molecule has 1 aromatic carbocycles. The molecule has 0 unspecified atom stereocenters. The van der Waals surface area contributed by atoms with E-state index in [9.17, 15) is 9.18 Å². The lowest BCUT2D eigenvalue weighted by molar-refractivity contribution is -0.116. The van der Waals surface area contributed by atoms with Crippen molar-refractivity contribution in [1.29, 1.82) is 0 Å². The summed E-state index contributed by atoms with van der Waals surface area (Å²) in [5.74, 6) is -0.0951. The Labute approximate surface area is 87.1 Å². The Hall–Kier alpha value is -1.64. The van der Waals surface area contributed by atoms with Crippen LogP contribution in [0.1, 0.15) is 18.9 Å². The smallest absolute Gasteiger partial charge is 0.147 e. The third-order valence-electron chi connectivity index (χ3n) is 2.50. The van der Waals surface area contributed by atoms with Gasteiger partial charge in [0.25, 0.3) is 0 Å². The number of H-pyrrole nitrogens is 1. The second-order valence-corrected chi connectivity index (χ2v) is 3.68. The maximum absolute atomic E-state index is 13.3. The Bertz CT molecular complexity index is 501. The number of ketones is 1. The molecule has 2 nitrogen and oxygen atoms in total. The number of para-hydroxylation sites is 1. The van der Waals surface area contributed by atoms with E-state index in [1.807, 2.05) is 6.07 Å². The first-order valence-electron chi connectivity index (χ1n) is 4.92. The van der Waals surface area contributed by atoms with Crippen LogP contribution in [0.4, 0.5) is 4.39 Å². The van der Waals surface area contributed by atoms with Crippen molar-refractivity contribution < 1.29 is 9.18 Å². The van der Waals surface area contributed by atoms with Gasteiger partial charge in [0.05, 0.1) is 5.52 Å². The number of carbonyl (C=O) groups excluding carboxylic acids is 1. The van der Waals surface area contributed by atoms with Crippen molar-refractivity contribution in [2.45, 2.75) is 19.8 Å². The number of fused-ring (bicyclic) bond motifs is 1. The molecule has 0 radical (unpaired) electrons. The maximum Gasteiger partial charge on any atom is 0.147 e. The number of benzene rings is 1. The minimum atomic E-state index is -0.249. The van der Waals surface area contributed by atoms with Crippen LogP contribution < -0.4 is 0 Å². The molecule has 0 aliphatic heterocycles. The van der Waals surface area contributed by atoms with Crippen LogP contribution in [0.3, 0.4) is 0 Å². The van der Waals surface area contributed by atoms with Crippen LogP contribution >= 0.6 is 0 Å². The predicted octanol–water partition coefficient (Wildman–Crippen LogP) is 2.83. The Morgan fingerprint density at radius 2 is 2.27 bits per heavy atom. The standard InChI is InChI=1S/C12H12FNO/c1-8(15)5-6-9-7-14-12-10(9)3-2-4-11(12)13/h2-4,7,14H,5-6H2,1H3. The average molecular weight is 205 g/mol. The fraction of sp³-hybridized carbons (Fsp3) is 0.250. The molecular formula is C12H12FNO. The second-order valence-electron chi connectivity index (χ2n) is 3.68. The van der Waals surface area contributed by atoms with Gasteiger partial charge in [0.1, 0.15) is 11.6 Å². The summed E-state index contributed by atoms with van der Waals surface area (Å²) in [6.07, 6.45) is 2.94. The summed E-state index contributed by atoms with van der Waals surface area (Å²) in [5, 5.41) is 0.872. The SMILES string of the molecule is CC(=O)CCc1c[nH]c2c(F)cccc12. The van der Waals surface area contributed by atoms with Crippen molar-refractivity contribution in [3.63, 3.8) is 0 Å². The van der Waals surface area contributed by atoms with Gasteiger partial charge in [0.15, 0.2) is 0 Å². The topological polar surface area (TPSA) is 32.9 Å². The van der Waals surface area contributed by atoms with E-state index >= 15 is 0 Å². The Morgan fingerprint density at radius 3 is 3.00 bits per heavy atom. The van der Waals surface area contributed by atoms with Crippen molar-refractivity contribution in [2.75, 3.05) is 0 Å². The molecule has 0 aliphatic carbocycles. The first kappa shape index (κ1) is 9.90. The van der Waals surface area contributed by atoms with E-state index in [0.717, 1.165) is 10.9 Å². The van der Waals surface area contributed by atoms with E-state index in [2.05, 4.69) is 4.98 Å². The van der Waals surface area contributed by atoms with Gasteiger partial charge in [-0.25, -0.2) is 4.39 Å². The molecule has 0 amide bonds. The summed E-state index contributed by atoms with van der Waals surface area (Å²) in [6, 6.07) is 4.97. The molecule has 3 heteroatoms. The molecule has 0 bridgehead atoms. The number of aromatic amines is 1. The number of aryl methyl sites for hydroxylation is 1. The third-order valence-corrected chi connectivity index (χ3v) is 2.50. The number of carbonyl (C=O) groups is 1. The molecular weight excluding hydrogens is 193 g/mol. The van der Waals surface area contributed by atoms with Crippen LogP contribution in [-0.2, 0) is 11.2 Å². The minimum Gasteiger partial charge on any atom is -0.359 e. The quantitative estimate of drug-likeness (QED) is 0.821. The molecule has 0 atom stereocenters. The van der Waals surface area contributed by atoms with Crippen LogP contribution in [-0.4, -0.2) is 10.8 Å². The molecule has 1 aromatic heterocycles. The van der Waals surface area contributed by atoms with Gasteiger partial charge in [0, 0.05) is 18.0 Å². The van der Waals surface area contributed by atoms with Gasteiger partial charge in [0.2, 0.25) is 0 Å². The summed E-state index contributed by atoms with van der Waals surface area (Å²) in [4.78, 5) is 13.8. The molecule has 1 heterocycles. The lowest BCUT2D eigenvalue weighted by atomic mass is 10.1. The van der Waals surface area contributed by atoms with Gasteiger partial charge in [-0.1, -0.05) is 12.1 Å². The third kappa shape index (κ3) is 1.91. The lowest BCUT2D eigenvalue weighted by Crippen LogP contribution is -1.92. The normalized spacial score (nSPS) is 10.8. The van der Waals surface area contributed by atoms with Gasteiger partial charge in [-0.3, -0.25) is 0 Å². The largest absolute Gasteiger partial charge is 0.359 e. The van der Waals surface area contributed by atoms with E-state index < -0.39 is 0 Å². The number of hydrogen-bond donors (Lipinski definition) is 1. The predicted molar refractivity (Wildman–Crippen MR) is 57.3 cm³/mol. The summed E-state index contributed by atoms with van der Waals surface area (Å²) in [5.41, 5.74) is 1.52. The average Bonchev–Trinajstić information content (AvgIpc) is 2.59. The highest BCUT2D eigenvalue weighted by Gasteiger charge is 2.07. The zero-order valence-electron chi connectivity index (χ0n) is 8.51. The first-order valence-corrected chi connectivity index (χ1v) is 4.92. The lowest BCUT2D eigenvalue weighted by Gasteiger charge is -1.96. The van der Waals surface area contributed by atoms with E-state index in [4.69, 9.17) is 0 Å². The van der Waals surface area contributed by atoms with Gasteiger partial charge in [-0.15, -0.1) is 0 Å². The molecule has 0 spiro atoms. The van der Waals surface area contributed by atoms with E-state index in [1.54, 1.807) is 19.2 Å². The van der Waals surface area contributed by atoms with Crippen molar-refractivity contribution >= 4 is 16.7 Å². The van der Waals surface area contributed by atoms with Crippen LogP contribution in [0, 0.1) is 5.82 Å². The molecule has 2 aromatic rings. The highest BCUT2D eigenvalue weighted by atomic mass is 19.1. The van der Waals surface area contributed by atoms with Gasteiger partial charge in [-0.05, 0) is 25.0 Å². The molecule has 0 fully saturated rings. The summed E-state index contributed by atoms with van der Waals surface area (Å²) < 4.78 is 13.3. The van der Waals surface area contributed by atoms with Crippen molar-refractivity contribution in [3.8, 4) is 0 Å². The van der Waals surface area contributed by atoms with E-state index in [1.165, 1.54) is 6.07 Å². The molecule has 15 heavy (non-hydrogen) atoms. The van der Waals surface area contributed by atoms with Gasteiger partial charge < -0.3 is 9.78 Å². The zero-order chi connectivity index (χ0) is 10.8. The highest BCUT2D eigenvalue weighted by Crippen LogP contribution is 2.21. The Kier molecular flexibility index (Phi) is 2.54. The van der Waals surface area contributed by atoms with E-state index in [-0.39, 0.29) is 11.6 Å². The van der Waals surface area contributed by atoms with Gasteiger partial charge >= 0.3 is 0 Å². The fourth-order valence-corrected chi connectivity index (χ4v) is 1.69. The van der Waals surface area contributed by atoms with Crippen molar-refractivity contribution in [2.24, 2.45) is 0 Å². The van der Waals surface area contributed by atoms with E-state index in [0.29, 0.717) is 18.4 Å². The molecule has 78 valence electrons. The van der Waals surface area contributed by atoms with Crippen LogP contribution in [0.25, 0.3) is 10.9 Å². The number of nitrogens with one attached hydrogen (secondary N) is 1. The summed E-state index contributed by atoms with van der Waals surface area (Å²) >= 11 is 0. The molecule has 0 saturated heterocycles. The zero-order valence-corrected chi connectivity index (χ0v) is 8.51. The molecule has 1 N–H and O–H groups in total. The maximum atomic E-state index is 13.3. The molecule has 2 rings (SSSR count). The van der Waals surface area contributed by atoms with Crippen LogP contribution in [0.5, 0.6) is 0 Å². The van der Waals surface area contributed by atoms with Crippen LogP contribution in [0.15, 0.2) is 24.4 Å². The number of Topliss-reactive ketones (excluding diaryl/α,β-unsaturated/α-hetero) is 1. The Balaban J connectivity index is 2.37. The number of rotatable bonds is 3. The fourth-order valence-electron chi connectivity index (χ4n) is 1.69. The van der Waals surface area contributed by atoms with Gasteiger partial charge in [-0.2, -0.15) is 0 Å². The molecule has 0 aliphatic rings. The monoisotopic (exact) mass is 205 g/mol. The van der Waals surface area contributed by atoms with Crippen molar-refractivity contribution in [1.82, 2.24) is 4.98 Å². The second kappa shape index (κ2) is 3.85. The minimum absolute atomic E-state index is 0.153. The highest BCUT2D eigenvalue weighted by molar-refractivity contribution is 5.84. The number of aromatic nitrogens is 1. The molecule has 0 saturated carbocycles.